The third-order valence-electron chi connectivity index (χ3n) is 1.39. The van der Waals surface area contributed by atoms with Crippen LogP contribution in [0, 0.1) is 0 Å². The third-order valence-corrected chi connectivity index (χ3v) is 4.18. The molecule has 0 spiro atoms. The first kappa shape index (κ1) is 9.23. The molecule has 0 N–H and O–H groups in total. The van der Waals surface area contributed by atoms with Crippen molar-refractivity contribution in [1.29, 1.82) is 0 Å². The number of hydrogen-bond donors (Lipinski definition) is 0. The van der Waals surface area contributed by atoms with E-state index in [-0.39, 0.29) is 0 Å². The fourth-order valence-electron chi connectivity index (χ4n) is 1.06. The van der Waals surface area contributed by atoms with E-state index in [2.05, 4.69) is 13.8 Å². The molecule has 0 aromatic rings. The Bertz CT molecular complexity index is 99.5. The van der Waals surface area contributed by atoms with E-state index in [9.17, 15) is 4.57 Å². The van der Waals surface area contributed by atoms with Crippen LogP contribution in [0.25, 0.3) is 0 Å². The van der Waals surface area contributed by atoms with Crippen molar-refractivity contribution in [3.63, 3.8) is 0 Å². The van der Waals surface area contributed by atoms with Crippen molar-refractivity contribution in [2.24, 2.45) is 0 Å². The maximum Gasteiger partial charge on any atom is 0.0848 e. The van der Waals surface area contributed by atoms with Crippen molar-refractivity contribution in [2.45, 2.75) is 26.7 Å². The first-order chi connectivity index (χ1) is 4.12. The minimum atomic E-state index is -1.69. The Hall–Kier alpha value is 0.230. The van der Waals surface area contributed by atoms with Crippen LogP contribution in [0.1, 0.15) is 26.7 Å². The molecule has 0 saturated carbocycles. The Labute approximate surface area is 58.2 Å². The van der Waals surface area contributed by atoms with Gasteiger partial charge in [0.15, 0.2) is 0 Å². The first-order valence-corrected chi connectivity index (χ1v) is 6.20. The molecule has 0 aromatic carbocycles. The van der Waals surface area contributed by atoms with E-state index < -0.39 is 7.14 Å². The van der Waals surface area contributed by atoms with Crippen LogP contribution in [0.15, 0.2) is 0 Å². The molecule has 0 unspecified atom stereocenters. The lowest BCUT2D eigenvalue weighted by Crippen LogP contribution is -1.90. The molecule has 9 heavy (non-hydrogen) atoms. The summed E-state index contributed by atoms with van der Waals surface area (Å²) >= 11 is 0. The van der Waals surface area contributed by atoms with Gasteiger partial charge in [0.25, 0.3) is 0 Å². The lowest BCUT2D eigenvalue weighted by molar-refractivity contribution is 0.576. The zero-order valence-electron chi connectivity index (χ0n) is 6.68. The summed E-state index contributed by atoms with van der Waals surface area (Å²) in [5, 5.41) is 0. The van der Waals surface area contributed by atoms with Crippen molar-refractivity contribution in [3.8, 4) is 0 Å². The van der Waals surface area contributed by atoms with Crippen molar-refractivity contribution in [2.75, 3.05) is 19.0 Å². The second kappa shape index (κ2) is 4.11. The van der Waals surface area contributed by atoms with E-state index in [1.807, 2.05) is 6.66 Å². The molecule has 56 valence electrons. The van der Waals surface area contributed by atoms with Gasteiger partial charge in [-0.2, -0.15) is 0 Å². The standard InChI is InChI=1S/C7H17OP/c1-4-6-9(3,8)7-5-2/h4-7H2,1-3H3. The average Bonchev–Trinajstić information content (AvgIpc) is 1.64. The second-order valence-corrected chi connectivity index (χ2v) is 6.23. The van der Waals surface area contributed by atoms with Crippen LogP contribution in [0.3, 0.4) is 0 Å². The maximum absolute atomic E-state index is 11.4. The maximum atomic E-state index is 11.4. The lowest BCUT2D eigenvalue weighted by atomic mass is 10.6. The van der Waals surface area contributed by atoms with E-state index in [1.54, 1.807) is 0 Å². The molecule has 0 aliphatic heterocycles. The van der Waals surface area contributed by atoms with Gasteiger partial charge in [-0.3, -0.25) is 0 Å². The van der Waals surface area contributed by atoms with E-state index in [0.29, 0.717) is 0 Å². The molecule has 0 fully saturated rings. The van der Waals surface area contributed by atoms with Crippen LogP contribution in [0.4, 0.5) is 0 Å². The van der Waals surface area contributed by atoms with Crippen LogP contribution in [0.2, 0.25) is 0 Å². The summed E-state index contributed by atoms with van der Waals surface area (Å²) in [5.74, 6) is 0. The Morgan fingerprint density at radius 2 is 1.44 bits per heavy atom. The molecule has 0 rings (SSSR count). The molecule has 0 heterocycles. The molecule has 0 radical (unpaired) electrons. The molecule has 0 amide bonds. The Morgan fingerprint density at radius 3 is 1.67 bits per heavy atom. The monoisotopic (exact) mass is 148 g/mol. The van der Waals surface area contributed by atoms with Crippen molar-refractivity contribution in [1.82, 2.24) is 0 Å². The van der Waals surface area contributed by atoms with Crippen molar-refractivity contribution < 1.29 is 4.57 Å². The Balaban J connectivity index is 3.58. The molecule has 0 saturated heterocycles. The topological polar surface area (TPSA) is 17.1 Å². The first-order valence-electron chi connectivity index (χ1n) is 3.68. The summed E-state index contributed by atoms with van der Waals surface area (Å²) in [6.45, 7) is 6.09. The zero-order valence-corrected chi connectivity index (χ0v) is 7.58. The molecule has 1 nitrogen and oxygen atoms in total. The fraction of sp³-hybridized carbons (Fsp3) is 1.00. The molecule has 0 aromatic heterocycles. The third kappa shape index (κ3) is 4.72. The van der Waals surface area contributed by atoms with Crippen LogP contribution in [-0.4, -0.2) is 19.0 Å². The Kier molecular flexibility index (Phi) is 4.22. The van der Waals surface area contributed by atoms with Crippen LogP contribution >= 0.6 is 7.14 Å². The largest absolute Gasteiger partial charge is 0.324 e. The zero-order chi connectivity index (χ0) is 7.33. The van der Waals surface area contributed by atoms with Gasteiger partial charge < -0.3 is 4.57 Å². The second-order valence-electron chi connectivity index (χ2n) is 2.74. The minimum absolute atomic E-state index is 0.931. The molecular formula is C7H17OP. The Morgan fingerprint density at radius 1 is 1.11 bits per heavy atom. The fourth-order valence-corrected chi connectivity index (χ4v) is 3.17. The van der Waals surface area contributed by atoms with E-state index in [4.69, 9.17) is 0 Å². The normalized spacial score (nSPS) is 11.9. The van der Waals surface area contributed by atoms with Crippen LogP contribution < -0.4 is 0 Å². The van der Waals surface area contributed by atoms with Gasteiger partial charge in [-0.15, -0.1) is 0 Å². The van der Waals surface area contributed by atoms with Gasteiger partial charge in [-0.05, 0) is 19.5 Å². The van der Waals surface area contributed by atoms with E-state index >= 15 is 0 Å². The molecular weight excluding hydrogens is 131 g/mol. The predicted octanol–water partition coefficient (Wildman–Crippen LogP) is 2.80. The number of rotatable bonds is 4. The van der Waals surface area contributed by atoms with Gasteiger partial charge in [0.2, 0.25) is 0 Å². The summed E-state index contributed by atoms with van der Waals surface area (Å²) in [6, 6.07) is 0. The van der Waals surface area contributed by atoms with Gasteiger partial charge in [0.1, 0.15) is 0 Å². The highest BCUT2D eigenvalue weighted by Crippen LogP contribution is 2.41. The van der Waals surface area contributed by atoms with Crippen molar-refractivity contribution >= 4 is 7.14 Å². The highest BCUT2D eigenvalue weighted by Gasteiger charge is 2.10. The SMILES string of the molecule is CCCP(C)(=O)CCC. The summed E-state index contributed by atoms with van der Waals surface area (Å²) in [4.78, 5) is 0. The summed E-state index contributed by atoms with van der Waals surface area (Å²) in [6.07, 6.45) is 3.99. The molecule has 0 aliphatic rings. The van der Waals surface area contributed by atoms with Crippen LogP contribution in [0.5, 0.6) is 0 Å². The molecule has 0 aliphatic carbocycles. The van der Waals surface area contributed by atoms with E-state index in [0.717, 1.165) is 25.2 Å². The van der Waals surface area contributed by atoms with E-state index in [1.165, 1.54) is 0 Å². The predicted molar refractivity (Wildman–Crippen MR) is 43.8 cm³/mol. The lowest BCUT2D eigenvalue weighted by Gasteiger charge is -2.08. The van der Waals surface area contributed by atoms with Crippen LogP contribution in [-0.2, 0) is 4.57 Å². The number of hydrogen-bond acceptors (Lipinski definition) is 1. The van der Waals surface area contributed by atoms with Gasteiger partial charge in [0, 0.05) is 12.3 Å². The highest BCUT2D eigenvalue weighted by molar-refractivity contribution is 7.63. The minimum Gasteiger partial charge on any atom is -0.324 e. The molecule has 0 atom stereocenters. The van der Waals surface area contributed by atoms with Gasteiger partial charge >= 0.3 is 0 Å². The highest BCUT2D eigenvalue weighted by atomic mass is 31.2. The summed E-state index contributed by atoms with van der Waals surface area (Å²) in [5.41, 5.74) is 0. The van der Waals surface area contributed by atoms with Crippen molar-refractivity contribution in [3.05, 3.63) is 0 Å². The van der Waals surface area contributed by atoms with Gasteiger partial charge in [0.05, 0.1) is 7.14 Å². The summed E-state index contributed by atoms with van der Waals surface area (Å²) in [7, 11) is -1.69. The van der Waals surface area contributed by atoms with Gasteiger partial charge in [-0.25, -0.2) is 0 Å². The summed E-state index contributed by atoms with van der Waals surface area (Å²) < 4.78 is 11.4. The average molecular weight is 148 g/mol. The smallest absolute Gasteiger partial charge is 0.0848 e. The van der Waals surface area contributed by atoms with Gasteiger partial charge in [-0.1, -0.05) is 13.8 Å². The quantitative estimate of drug-likeness (QED) is 0.560. The molecule has 2 heteroatoms. The molecule has 0 bridgehead atoms.